The van der Waals surface area contributed by atoms with Crippen molar-refractivity contribution in [2.75, 3.05) is 12.4 Å². The maximum atomic E-state index is 12.5. The zero-order valence-electron chi connectivity index (χ0n) is 16.5. The summed E-state index contributed by atoms with van der Waals surface area (Å²) < 4.78 is 4.99. The number of ether oxygens (including phenoxy) is 1. The minimum atomic E-state index is -0.488. The lowest BCUT2D eigenvalue weighted by Gasteiger charge is -2.09. The monoisotopic (exact) mass is 427 g/mol. The Morgan fingerprint density at radius 3 is 2.48 bits per heavy atom. The van der Waals surface area contributed by atoms with E-state index in [0.29, 0.717) is 28.4 Å². The number of halogens is 1. The van der Waals surface area contributed by atoms with Crippen LogP contribution in [-0.4, -0.2) is 19.0 Å². The summed E-state index contributed by atoms with van der Waals surface area (Å²) in [5.74, 6) is -0.632. The lowest BCUT2D eigenvalue weighted by molar-refractivity contribution is -0.116. The van der Waals surface area contributed by atoms with Gasteiger partial charge in [-0.2, -0.15) is 0 Å². The lowest BCUT2D eigenvalue weighted by Crippen LogP contribution is -2.14. The van der Waals surface area contributed by atoms with Gasteiger partial charge in [-0.15, -0.1) is 11.3 Å². The molecule has 0 saturated carbocycles. The van der Waals surface area contributed by atoms with Crippen molar-refractivity contribution in [1.82, 2.24) is 0 Å². The zero-order valence-corrected chi connectivity index (χ0v) is 18.1. The Morgan fingerprint density at radius 1 is 1.10 bits per heavy atom. The van der Waals surface area contributed by atoms with Crippen molar-refractivity contribution in [3.63, 3.8) is 0 Å². The Morgan fingerprint density at radius 2 is 1.83 bits per heavy atom. The molecule has 0 aliphatic rings. The maximum absolute atomic E-state index is 12.5. The molecule has 0 unspecified atom stereocenters. The number of carbonyl (C=O) groups is 2. The highest BCUT2D eigenvalue weighted by molar-refractivity contribution is 7.17. The summed E-state index contributed by atoms with van der Waals surface area (Å²) in [5, 5.41) is 3.97. The van der Waals surface area contributed by atoms with E-state index in [2.05, 4.69) is 5.32 Å². The van der Waals surface area contributed by atoms with E-state index in [1.165, 1.54) is 24.0 Å². The predicted molar refractivity (Wildman–Crippen MR) is 119 cm³/mol. The van der Waals surface area contributed by atoms with Gasteiger partial charge in [0.05, 0.1) is 7.11 Å². The van der Waals surface area contributed by atoms with Crippen LogP contribution in [0.2, 0.25) is 5.02 Å². The molecule has 0 bridgehead atoms. The molecule has 0 aliphatic heterocycles. The normalized spacial score (nSPS) is 10.6. The van der Waals surface area contributed by atoms with Crippen molar-refractivity contribution in [3.05, 3.63) is 75.1 Å². The average molecular weight is 428 g/mol. The van der Waals surface area contributed by atoms with Crippen LogP contribution in [0.5, 0.6) is 0 Å². The van der Waals surface area contributed by atoms with E-state index in [4.69, 9.17) is 16.3 Å². The molecule has 0 atom stereocenters. The smallest absolute Gasteiger partial charge is 0.341 e. The van der Waals surface area contributed by atoms with Crippen LogP contribution in [0.15, 0.2) is 48.5 Å². The Bertz CT molecular complexity index is 1040. The van der Waals surface area contributed by atoms with Crippen LogP contribution in [0.1, 0.15) is 32.8 Å². The summed E-state index contributed by atoms with van der Waals surface area (Å²) in [6.07, 6.45) is 0.957. The van der Waals surface area contributed by atoms with Crippen LogP contribution < -0.4 is 5.32 Å². The highest BCUT2D eigenvalue weighted by Gasteiger charge is 2.25. The summed E-state index contributed by atoms with van der Waals surface area (Å²) in [6, 6.07) is 15.4. The minimum absolute atomic E-state index is 0.144. The second-order valence-corrected chi connectivity index (χ2v) is 8.43. The van der Waals surface area contributed by atoms with Crippen LogP contribution >= 0.6 is 22.9 Å². The molecular weight excluding hydrogens is 406 g/mol. The van der Waals surface area contributed by atoms with Gasteiger partial charge in [-0.1, -0.05) is 53.6 Å². The molecule has 29 heavy (non-hydrogen) atoms. The second-order valence-electron chi connectivity index (χ2n) is 6.77. The third kappa shape index (κ3) is 5.05. The number of esters is 1. The van der Waals surface area contributed by atoms with E-state index in [1.54, 1.807) is 12.1 Å². The Balaban J connectivity index is 1.85. The molecule has 1 aromatic heterocycles. The molecule has 3 aromatic rings. The molecule has 150 valence electrons. The minimum Gasteiger partial charge on any atom is -0.465 e. The first-order valence-electron chi connectivity index (χ1n) is 9.22. The SMILES string of the molecule is COC(=O)c1c(NC(=O)CCc2ccc(C)cc2)sc(C)c1-c1cccc(Cl)c1. The average Bonchev–Trinajstić information content (AvgIpc) is 3.02. The van der Waals surface area contributed by atoms with Crippen molar-refractivity contribution < 1.29 is 14.3 Å². The largest absolute Gasteiger partial charge is 0.465 e. The van der Waals surface area contributed by atoms with Crippen LogP contribution in [-0.2, 0) is 16.0 Å². The van der Waals surface area contributed by atoms with Gasteiger partial charge in [0, 0.05) is 21.9 Å². The third-order valence-corrected chi connectivity index (χ3v) is 5.86. The van der Waals surface area contributed by atoms with Gasteiger partial charge >= 0.3 is 5.97 Å². The summed E-state index contributed by atoms with van der Waals surface area (Å²) in [6.45, 7) is 3.94. The van der Waals surface area contributed by atoms with Crippen molar-refractivity contribution in [2.45, 2.75) is 26.7 Å². The van der Waals surface area contributed by atoms with Crippen molar-refractivity contribution in [1.29, 1.82) is 0 Å². The topological polar surface area (TPSA) is 55.4 Å². The van der Waals surface area contributed by atoms with E-state index in [0.717, 1.165) is 21.6 Å². The quantitative estimate of drug-likeness (QED) is 0.487. The molecule has 0 saturated heterocycles. The highest BCUT2D eigenvalue weighted by Crippen LogP contribution is 2.41. The molecule has 1 heterocycles. The number of hydrogen-bond acceptors (Lipinski definition) is 4. The number of rotatable bonds is 6. The van der Waals surface area contributed by atoms with Gasteiger partial charge in [0.15, 0.2) is 0 Å². The third-order valence-electron chi connectivity index (χ3n) is 4.60. The van der Waals surface area contributed by atoms with Crippen molar-refractivity contribution >= 4 is 39.8 Å². The maximum Gasteiger partial charge on any atom is 0.341 e. The van der Waals surface area contributed by atoms with Crippen LogP contribution in [0, 0.1) is 13.8 Å². The molecule has 2 aromatic carbocycles. The Kier molecular flexibility index (Phi) is 6.72. The summed E-state index contributed by atoms with van der Waals surface area (Å²) in [4.78, 5) is 26.0. The Labute approximate surface area is 179 Å². The fraction of sp³-hybridized carbons (Fsp3) is 0.217. The fourth-order valence-electron chi connectivity index (χ4n) is 3.12. The Hall–Kier alpha value is -2.63. The highest BCUT2D eigenvalue weighted by atomic mass is 35.5. The molecule has 1 N–H and O–H groups in total. The van der Waals surface area contributed by atoms with Crippen molar-refractivity contribution in [3.8, 4) is 11.1 Å². The van der Waals surface area contributed by atoms with Gasteiger partial charge in [-0.25, -0.2) is 4.79 Å². The molecular formula is C23H22ClNO3S. The molecule has 1 amide bonds. The van der Waals surface area contributed by atoms with E-state index in [-0.39, 0.29) is 5.91 Å². The number of benzene rings is 2. The molecule has 6 heteroatoms. The molecule has 3 rings (SSSR count). The van der Waals surface area contributed by atoms with Gasteiger partial charge in [0.1, 0.15) is 10.6 Å². The molecule has 4 nitrogen and oxygen atoms in total. The van der Waals surface area contributed by atoms with E-state index >= 15 is 0 Å². The first-order valence-corrected chi connectivity index (χ1v) is 10.4. The summed E-state index contributed by atoms with van der Waals surface area (Å²) in [5.41, 5.74) is 4.19. The van der Waals surface area contributed by atoms with Crippen LogP contribution in [0.3, 0.4) is 0 Å². The number of aryl methyl sites for hydroxylation is 3. The number of methoxy groups -OCH3 is 1. The number of nitrogens with one attached hydrogen (secondary N) is 1. The lowest BCUT2D eigenvalue weighted by atomic mass is 10.0. The standard InChI is InChI=1S/C23H22ClNO3S/c1-14-7-9-16(10-8-14)11-12-19(26)25-22-21(23(27)28-3)20(15(2)29-22)17-5-4-6-18(24)13-17/h4-10,13H,11-12H2,1-3H3,(H,25,26). The predicted octanol–water partition coefficient (Wildman–Crippen LogP) is 6.04. The number of thiophene rings is 1. The molecule has 0 spiro atoms. The van der Waals surface area contributed by atoms with Gasteiger partial charge < -0.3 is 10.1 Å². The molecule has 0 aliphatic carbocycles. The first kappa shape index (κ1) is 21.1. The van der Waals surface area contributed by atoms with Gasteiger partial charge in [0.25, 0.3) is 0 Å². The summed E-state index contributed by atoms with van der Waals surface area (Å²) >= 11 is 7.49. The van der Waals surface area contributed by atoms with Crippen LogP contribution in [0.4, 0.5) is 5.00 Å². The second kappa shape index (κ2) is 9.25. The van der Waals surface area contributed by atoms with Gasteiger partial charge in [-0.3, -0.25) is 4.79 Å². The zero-order chi connectivity index (χ0) is 21.0. The number of hydrogen-bond donors (Lipinski definition) is 1. The van der Waals surface area contributed by atoms with Gasteiger partial charge in [-0.05, 0) is 43.5 Å². The number of anilines is 1. The fourth-order valence-corrected chi connectivity index (χ4v) is 4.39. The van der Waals surface area contributed by atoms with E-state index < -0.39 is 5.97 Å². The van der Waals surface area contributed by atoms with Gasteiger partial charge in [0.2, 0.25) is 5.91 Å². The molecule has 0 radical (unpaired) electrons. The first-order chi connectivity index (χ1) is 13.9. The molecule has 0 fully saturated rings. The van der Waals surface area contributed by atoms with Crippen molar-refractivity contribution in [2.24, 2.45) is 0 Å². The van der Waals surface area contributed by atoms with E-state index in [1.807, 2.05) is 50.2 Å². The van der Waals surface area contributed by atoms with Crippen LogP contribution in [0.25, 0.3) is 11.1 Å². The number of carbonyl (C=O) groups excluding carboxylic acids is 2. The summed E-state index contributed by atoms with van der Waals surface area (Å²) in [7, 11) is 1.33. The van der Waals surface area contributed by atoms with E-state index in [9.17, 15) is 9.59 Å². The number of amides is 1.